The van der Waals surface area contributed by atoms with Crippen molar-refractivity contribution in [1.82, 2.24) is 44.7 Å². The highest BCUT2D eigenvalue weighted by Gasteiger charge is 2.26. The molecular weight excluding hydrogens is 733 g/mol. The predicted molar refractivity (Wildman–Crippen MR) is 203 cm³/mol. The van der Waals surface area contributed by atoms with Crippen LogP contribution in [0.4, 0.5) is 4.79 Å². The Labute approximate surface area is 319 Å². The van der Waals surface area contributed by atoms with Crippen molar-refractivity contribution >= 4 is 40.8 Å². The Hall–Kier alpha value is -5.83. The summed E-state index contributed by atoms with van der Waals surface area (Å²) in [5, 5.41) is 24.4. The highest BCUT2D eigenvalue weighted by Crippen LogP contribution is 2.42. The number of rotatable bonds is 13. The second-order valence-corrected chi connectivity index (χ2v) is 13.5. The third kappa shape index (κ3) is 7.76. The Kier molecular flexibility index (Phi) is 10.9. The fourth-order valence-corrected chi connectivity index (χ4v) is 7.15. The molecule has 5 heterocycles. The van der Waals surface area contributed by atoms with E-state index < -0.39 is 6.09 Å². The summed E-state index contributed by atoms with van der Waals surface area (Å²) in [6, 6.07) is 18.2. The number of nitrogens with zero attached hydrogens (tertiary/aromatic N) is 7. The Balaban J connectivity index is 1.12. The van der Waals surface area contributed by atoms with E-state index >= 15 is 0 Å². The number of carboxylic acid groups (broad SMARTS) is 1. The zero-order valence-corrected chi connectivity index (χ0v) is 30.6. The fraction of sp³-hybridized carbons (Fsp3) is 0.237. The van der Waals surface area contributed by atoms with Crippen molar-refractivity contribution in [3.05, 3.63) is 117 Å². The first-order valence-electron chi connectivity index (χ1n) is 17.1. The van der Waals surface area contributed by atoms with E-state index in [0.717, 1.165) is 11.1 Å². The molecule has 2 amide bonds. The first kappa shape index (κ1) is 36.5. The van der Waals surface area contributed by atoms with Gasteiger partial charge in [0.1, 0.15) is 18.3 Å². The maximum absolute atomic E-state index is 13.3. The lowest BCUT2D eigenvalue weighted by atomic mass is 9.97. The molecule has 6 aromatic rings. The number of amides is 2. The van der Waals surface area contributed by atoms with E-state index in [0.29, 0.717) is 81.7 Å². The first-order chi connectivity index (χ1) is 26.2. The summed E-state index contributed by atoms with van der Waals surface area (Å²) in [4.78, 5) is 47.5. The minimum absolute atomic E-state index is 0.0252. The number of carbonyl (C=O) groups excluding carboxylic acids is 1. The average Bonchev–Trinajstić information content (AvgIpc) is 3.85. The van der Waals surface area contributed by atoms with E-state index in [1.165, 1.54) is 16.4 Å². The van der Waals surface area contributed by atoms with E-state index in [1.54, 1.807) is 37.2 Å². The number of halogens is 2. The topological polar surface area (TPSA) is 169 Å². The molecule has 3 N–H and O–H groups in total. The zero-order valence-electron chi connectivity index (χ0n) is 29.1. The zero-order chi connectivity index (χ0) is 37.8. The molecule has 1 fully saturated rings. The summed E-state index contributed by atoms with van der Waals surface area (Å²) in [5.41, 5.74) is 5.45. The van der Waals surface area contributed by atoms with Gasteiger partial charge in [-0.25, -0.2) is 14.8 Å². The van der Waals surface area contributed by atoms with Crippen molar-refractivity contribution < 1.29 is 19.4 Å². The molecule has 1 atom stereocenters. The number of ether oxygens (including phenoxy) is 1. The molecule has 1 aliphatic heterocycles. The van der Waals surface area contributed by atoms with Gasteiger partial charge in [-0.1, -0.05) is 59.6 Å². The van der Waals surface area contributed by atoms with Gasteiger partial charge in [0, 0.05) is 84.4 Å². The maximum atomic E-state index is 13.3. The normalized spacial score (nSPS) is 14.0. The number of nitrogens with one attached hydrogen (secondary N) is 2. The first-order valence-corrected chi connectivity index (χ1v) is 17.9. The molecule has 1 saturated heterocycles. The maximum Gasteiger partial charge on any atom is 0.407 e. The lowest BCUT2D eigenvalue weighted by molar-refractivity contribution is -0.119. The average molecular weight is 769 g/mol. The SMILES string of the molecule is COc1nc(-c2cccc(-c3cccc(-c4ccn5c(=O)c(CNCCn6cnnc6)cnc5c4)c3Cl)c2Cl)ccc1CN(C[C@@H]1CCC(=O)N1)C(=O)O. The van der Waals surface area contributed by atoms with Gasteiger partial charge in [-0.05, 0) is 36.2 Å². The van der Waals surface area contributed by atoms with Crippen LogP contribution in [-0.4, -0.2) is 77.4 Å². The van der Waals surface area contributed by atoms with Crippen LogP contribution in [0.25, 0.3) is 39.2 Å². The molecule has 4 aromatic heterocycles. The number of carbonyl (C=O) groups is 2. The number of benzene rings is 2. The fourth-order valence-electron chi connectivity index (χ4n) is 6.48. The van der Waals surface area contributed by atoms with Crippen LogP contribution in [0.2, 0.25) is 10.0 Å². The summed E-state index contributed by atoms with van der Waals surface area (Å²) in [6.07, 6.45) is 6.40. The molecule has 0 aliphatic carbocycles. The van der Waals surface area contributed by atoms with Crippen LogP contribution in [0.5, 0.6) is 5.88 Å². The molecule has 7 rings (SSSR count). The third-order valence-electron chi connectivity index (χ3n) is 9.27. The molecule has 276 valence electrons. The lowest BCUT2D eigenvalue weighted by Crippen LogP contribution is -2.41. The van der Waals surface area contributed by atoms with Gasteiger partial charge >= 0.3 is 6.09 Å². The third-order valence-corrected chi connectivity index (χ3v) is 10.1. The molecule has 0 saturated carbocycles. The van der Waals surface area contributed by atoms with E-state index in [9.17, 15) is 19.5 Å². The number of fused-ring (bicyclic) bond motifs is 1. The minimum atomic E-state index is -1.11. The minimum Gasteiger partial charge on any atom is -0.481 e. The van der Waals surface area contributed by atoms with Crippen molar-refractivity contribution in [2.45, 2.75) is 38.5 Å². The standard InChI is InChI=1S/C38H35Cl2N9O5/c1-54-36-24(19-48(38(52)53)20-26-9-11-33(50)45-26)8-10-31(46-36)30-7-3-6-29(35(30)40)28-5-2-4-27(34(28)39)23-12-14-49-32(16-23)42-18-25(37(49)51)17-41-13-15-47-21-43-44-22-47/h2-8,10,12,14,16,18,21-22,26,41H,9,11,13,15,17,19-20H2,1H3,(H,45,50)(H,52,53)/t26-/m0/s1. The molecule has 0 unspecified atom stereocenters. The predicted octanol–water partition coefficient (Wildman–Crippen LogP) is 5.55. The molecule has 14 nitrogen and oxygen atoms in total. The molecule has 16 heteroatoms. The van der Waals surface area contributed by atoms with E-state index in [-0.39, 0.29) is 36.5 Å². The van der Waals surface area contributed by atoms with Crippen LogP contribution >= 0.6 is 23.2 Å². The molecule has 0 bridgehead atoms. The number of aromatic nitrogens is 6. The van der Waals surface area contributed by atoms with Gasteiger partial charge in [-0.15, -0.1) is 10.2 Å². The summed E-state index contributed by atoms with van der Waals surface area (Å²) in [7, 11) is 1.47. The van der Waals surface area contributed by atoms with Gasteiger partial charge in [-0.2, -0.15) is 0 Å². The quantitative estimate of drug-likeness (QED) is 0.127. The molecule has 54 heavy (non-hydrogen) atoms. The number of pyridine rings is 2. The summed E-state index contributed by atoms with van der Waals surface area (Å²) in [6.45, 7) is 1.85. The smallest absolute Gasteiger partial charge is 0.407 e. The van der Waals surface area contributed by atoms with E-state index in [1.807, 2.05) is 53.1 Å². The van der Waals surface area contributed by atoms with Gasteiger partial charge < -0.3 is 29.9 Å². The Bertz CT molecular complexity index is 2400. The van der Waals surface area contributed by atoms with Gasteiger partial charge in [0.25, 0.3) is 5.56 Å². The number of hydrogen-bond acceptors (Lipinski definition) is 9. The van der Waals surface area contributed by atoms with Gasteiger partial charge in [-0.3, -0.25) is 14.0 Å². The van der Waals surface area contributed by atoms with E-state index in [2.05, 4.69) is 25.8 Å². The Morgan fingerprint density at radius 1 is 1.00 bits per heavy atom. The highest BCUT2D eigenvalue weighted by molar-refractivity contribution is 6.39. The second kappa shape index (κ2) is 16.0. The van der Waals surface area contributed by atoms with Crippen molar-refractivity contribution in [3.8, 4) is 39.4 Å². The highest BCUT2D eigenvalue weighted by atomic mass is 35.5. The summed E-state index contributed by atoms with van der Waals surface area (Å²) < 4.78 is 8.96. The molecule has 1 aliphatic rings. The van der Waals surface area contributed by atoms with E-state index in [4.69, 9.17) is 32.9 Å². The molecular formula is C38H35Cl2N9O5. The molecule has 0 spiro atoms. The van der Waals surface area contributed by atoms with Crippen LogP contribution < -0.4 is 20.9 Å². The van der Waals surface area contributed by atoms with Crippen molar-refractivity contribution in [2.24, 2.45) is 0 Å². The van der Waals surface area contributed by atoms with Gasteiger partial charge in [0.15, 0.2) is 0 Å². The van der Waals surface area contributed by atoms with Crippen molar-refractivity contribution in [1.29, 1.82) is 0 Å². The molecule has 0 radical (unpaired) electrons. The van der Waals surface area contributed by atoms with Crippen LogP contribution in [0, 0.1) is 0 Å². The molecule has 2 aromatic carbocycles. The Morgan fingerprint density at radius 3 is 2.43 bits per heavy atom. The van der Waals surface area contributed by atoms with Crippen LogP contribution in [0.3, 0.4) is 0 Å². The van der Waals surface area contributed by atoms with Gasteiger partial charge in [0.05, 0.1) is 29.4 Å². The van der Waals surface area contributed by atoms with Crippen molar-refractivity contribution in [3.63, 3.8) is 0 Å². The van der Waals surface area contributed by atoms with Crippen LogP contribution in [0.1, 0.15) is 24.0 Å². The van der Waals surface area contributed by atoms with Crippen LogP contribution in [0.15, 0.2) is 90.5 Å². The van der Waals surface area contributed by atoms with Crippen molar-refractivity contribution in [2.75, 3.05) is 20.2 Å². The number of hydrogen-bond donors (Lipinski definition) is 3. The number of methoxy groups -OCH3 is 1. The second-order valence-electron chi connectivity index (χ2n) is 12.8. The van der Waals surface area contributed by atoms with Gasteiger partial charge in [0.2, 0.25) is 11.8 Å². The van der Waals surface area contributed by atoms with Crippen LogP contribution in [-0.2, 0) is 24.4 Å². The summed E-state index contributed by atoms with van der Waals surface area (Å²) in [5.74, 6) is 0.173. The Morgan fingerprint density at radius 2 is 1.72 bits per heavy atom. The monoisotopic (exact) mass is 767 g/mol. The summed E-state index contributed by atoms with van der Waals surface area (Å²) >= 11 is 14.2. The largest absolute Gasteiger partial charge is 0.481 e. The lowest BCUT2D eigenvalue weighted by Gasteiger charge is -2.23.